The van der Waals surface area contributed by atoms with E-state index in [1.54, 1.807) is 21.3 Å². The van der Waals surface area contributed by atoms with Gasteiger partial charge in [0.1, 0.15) is 0 Å². The first-order valence-corrected chi connectivity index (χ1v) is 6.71. The van der Waals surface area contributed by atoms with E-state index in [1.807, 2.05) is 12.1 Å². The van der Waals surface area contributed by atoms with E-state index >= 15 is 0 Å². The minimum absolute atomic E-state index is 0.319. The van der Waals surface area contributed by atoms with E-state index in [9.17, 15) is 0 Å². The van der Waals surface area contributed by atoms with Crippen LogP contribution in [0, 0.1) is 0 Å². The Bertz CT molecular complexity index is 368. The summed E-state index contributed by atoms with van der Waals surface area (Å²) in [6.45, 7) is 3.84. The van der Waals surface area contributed by atoms with Crippen LogP contribution in [0.5, 0.6) is 11.5 Å². The highest BCUT2D eigenvalue weighted by atomic mass is 16.5. The van der Waals surface area contributed by atoms with Gasteiger partial charge in [-0.25, -0.2) is 0 Å². The summed E-state index contributed by atoms with van der Waals surface area (Å²) in [6, 6.07) is 6.40. The molecule has 0 heterocycles. The van der Waals surface area contributed by atoms with Crippen LogP contribution in [0.25, 0.3) is 0 Å². The zero-order valence-electron chi connectivity index (χ0n) is 12.4. The van der Waals surface area contributed by atoms with E-state index in [2.05, 4.69) is 18.3 Å². The van der Waals surface area contributed by atoms with Gasteiger partial charge in [-0.05, 0) is 37.1 Å². The monoisotopic (exact) mass is 267 g/mol. The summed E-state index contributed by atoms with van der Waals surface area (Å²) >= 11 is 0. The van der Waals surface area contributed by atoms with Crippen molar-refractivity contribution in [1.29, 1.82) is 0 Å². The Kier molecular flexibility index (Phi) is 7.30. The number of hydrogen-bond donors (Lipinski definition) is 1. The van der Waals surface area contributed by atoms with Crippen LogP contribution in [0.4, 0.5) is 0 Å². The van der Waals surface area contributed by atoms with Crippen LogP contribution in [0.2, 0.25) is 0 Å². The minimum atomic E-state index is 0.319. The highest BCUT2D eigenvalue weighted by Gasteiger charge is 2.13. The smallest absolute Gasteiger partial charge is 0.161 e. The third-order valence-electron chi connectivity index (χ3n) is 3.10. The molecule has 4 nitrogen and oxygen atoms in total. The molecule has 0 saturated heterocycles. The fourth-order valence-electron chi connectivity index (χ4n) is 2.13. The summed E-state index contributed by atoms with van der Waals surface area (Å²) in [5.41, 5.74) is 1.22. The lowest BCUT2D eigenvalue weighted by molar-refractivity contribution is 0.189. The molecule has 0 fully saturated rings. The van der Waals surface area contributed by atoms with Gasteiger partial charge in [-0.3, -0.25) is 0 Å². The molecule has 0 saturated carbocycles. The van der Waals surface area contributed by atoms with Crippen LogP contribution in [0.3, 0.4) is 0 Å². The Morgan fingerprint density at radius 3 is 2.42 bits per heavy atom. The molecule has 0 amide bonds. The van der Waals surface area contributed by atoms with Crippen LogP contribution < -0.4 is 14.8 Å². The summed E-state index contributed by atoms with van der Waals surface area (Å²) in [7, 11) is 5.05. The van der Waals surface area contributed by atoms with Crippen molar-refractivity contribution in [3.8, 4) is 11.5 Å². The van der Waals surface area contributed by atoms with Gasteiger partial charge < -0.3 is 19.5 Å². The predicted octanol–water partition coefficient (Wildman–Crippen LogP) is 2.78. The van der Waals surface area contributed by atoms with Crippen molar-refractivity contribution in [1.82, 2.24) is 5.32 Å². The van der Waals surface area contributed by atoms with E-state index in [-0.39, 0.29) is 0 Å². The molecule has 0 aromatic heterocycles. The average Bonchev–Trinajstić information content (AvgIpc) is 2.45. The molecule has 108 valence electrons. The average molecular weight is 267 g/mol. The third-order valence-corrected chi connectivity index (χ3v) is 3.10. The van der Waals surface area contributed by atoms with Gasteiger partial charge in [0.05, 0.1) is 14.2 Å². The Morgan fingerprint density at radius 1 is 1.11 bits per heavy atom. The highest BCUT2D eigenvalue weighted by Crippen LogP contribution is 2.31. The summed E-state index contributed by atoms with van der Waals surface area (Å²) in [6.07, 6.45) is 2.07. The molecule has 0 spiro atoms. The minimum Gasteiger partial charge on any atom is -0.493 e. The fraction of sp³-hybridized carbons (Fsp3) is 0.600. The second-order valence-corrected chi connectivity index (χ2v) is 4.36. The van der Waals surface area contributed by atoms with Crippen LogP contribution in [-0.4, -0.2) is 34.5 Å². The molecule has 0 aliphatic heterocycles. The lowest BCUT2D eigenvalue weighted by Crippen LogP contribution is -2.21. The second-order valence-electron chi connectivity index (χ2n) is 4.36. The van der Waals surface area contributed by atoms with Crippen molar-refractivity contribution in [2.45, 2.75) is 25.8 Å². The summed E-state index contributed by atoms with van der Waals surface area (Å²) in [4.78, 5) is 0. The molecule has 19 heavy (non-hydrogen) atoms. The molecular weight excluding hydrogens is 242 g/mol. The second kappa shape index (κ2) is 8.77. The molecule has 1 aromatic rings. The maximum Gasteiger partial charge on any atom is 0.161 e. The van der Waals surface area contributed by atoms with Gasteiger partial charge >= 0.3 is 0 Å². The fourth-order valence-corrected chi connectivity index (χ4v) is 2.13. The summed E-state index contributed by atoms with van der Waals surface area (Å²) in [5.74, 6) is 1.54. The molecule has 0 radical (unpaired) electrons. The maximum atomic E-state index is 5.35. The molecule has 1 aromatic carbocycles. The van der Waals surface area contributed by atoms with Crippen molar-refractivity contribution in [3.63, 3.8) is 0 Å². The topological polar surface area (TPSA) is 39.7 Å². The van der Waals surface area contributed by atoms with E-state index < -0.39 is 0 Å². The van der Waals surface area contributed by atoms with Gasteiger partial charge in [-0.15, -0.1) is 0 Å². The highest BCUT2D eigenvalue weighted by molar-refractivity contribution is 5.43. The quantitative estimate of drug-likeness (QED) is 0.698. The third kappa shape index (κ3) is 4.73. The molecular formula is C15H25NO3. The Balaban J connectivity index is 2.82. The van der Waals surface area contributed by atoms with Gasteiger partial charge in [0, 0.05) is 19.8 Å². The van der Waals surface area contributed by atoms with Crippen LogP contribution >= 0.6 is 0 Å². The molecule has 1 atom stereocenters. The molecule has 1 N–H and O–H groups in total. The number of methoxy groups -OCH3 is 3. The Hall–Kier alpha value is -1.26. The van der Waals surface area contributed by atoms with Crippen LogP contribution in [0.1, 0.15) is 31.4 Å². The van der Waals surface area contributed by atoms with E-state index in [0.29, 0.717) is 6.04 Å². The normalized spacial score (nSPS) is 12.2. The van der Waals surface area contributed by atoms with Crippen molar-refractivity contribution in [2.24, 2.45) is 0 Å². The first-order valence-electron chi connectivity index (χ1n) is 6.71. The van der Waals surface area contributed by atoms with Crippen LogP contribution in [-0.2, 0) is 4.74 Å². The summed E-state index contributed by atoms with van der Waals surface area (Å²) in [5, 5.41) is 3.49. The van der Waals surface area contributed by atoms with Crippen LogP contribution in [0.15, 0.2) is 18.2 Å². The predicted molar refractivity (Wildman–Crippen MR) is 77.1 cm³/mol. The zero-order chi connectivity index (χ0) is 14.1. The molecule has 0 aliphatic rings. The number of rotatable bonds is 9. The Morgan fingerprint density at radius 2 is 1.84 bits per heavy atom. The van der Waals surface area contributed by atoms with E-state index in [1.165, 1.54) is 5.56 Å². The summed E-state index contributed by atoms with van der Waals surface area (Å²) < 4.78 is 15.7. The first kappa shape index (κ1) is 15.8. The van der Waals surface area contributed by atoms with E-state index in [0.717, 1.165) is 37.5 Å². The van der Waals surface area contributed by atoms with Gasteiger partial charge in [0.2, 0.25) is 0 Å². The molecule has 1 rings (SSSR count). The van der Waals surface area contributed by atoms with Crippen molar-refractivity contribution in [3.05, 3.63) is 23.8 Å². The first-order chi connectivity index (χ1) is 9.26. The molecule has 1 unspecified atom stereocenters. The van der Waals surface area contributed by atoms with Gasteiger partial charge in [0.15, 0.2) is 11.5 Å². The van der Waals surface area contributed by atoms with Gasteiger partial charge in [-0.1, -0.05) is 13.0 Å². The number of hydrogen-bond acceptors (Lipinski definition) is 4. The number of nitrogens with one attached hydrogen (secondary N) is 1. The lowest BCUT2D eigenvalue weighted by atomic mass is 10.0. The van der Waals surface area contributed by atoms with Gasteiger partial charge in [-0.2, -0.15) is 0 Å². The number of ether oxygens (including phenoxy) is 3. The lowest BCUT2D eigenvalue weighted by Gasteiger charge is -2.19. The molecule has 0 aliphatic carbocycles. The Labute approximate surface area is 116 Å². The zero-order valence-corrected chi connectivity index (χ0v) is 12.4. The SMILES string of the molecule is CCNC(CCCOC)c1ccc(OC)c(OC)c1. The van der Waals surface area contributed by atoms with E-state index in [4.69, 9.17) is 14.2 Å². The molecule has 0 bridgehead atoms. The standard InChI is InChI=1S/C15H25NO3/c1-5-16-13(7-6-10-17-2)12-8-9-14(18-3)15(11-12)19-4/h8-9,11,13,16H,5-7,10H2,1-4H3. The van der Waals surface area contributed by atoms with Gasteiger partial charge in [0.25, 0.3) is 0 Å². The van der Waals surface area contributed by atoms with Crippen molar-refractivity contribution in [2.75, 3.05) is 34.5 Å². The van der Waals surface area contributed by atoms with Crippen molar-refractivity contribution >= 4 is 0 Å². The largest absolute Gasteiger partial charge is 0.493 e. The number of benzene rings is 1. The van der Waals surface area contributed by atoms with Crippen molar-refractivity contribution < 1.29 is 14.2 Å². The maximum absolute atomic E-state index is 5.35. The molecule has 4 heteroatoms.